The van der Waals surface area contributed by atoms with Crippen molar-refractivity contribution in [1.82, 2.24) is 4.90 Å². The molecule has 0 saturated carbocycles. The first-order chi connectivity index (χ1) is 11.6. The molecule has 24 heavy (non-hydrogen) atoms. The van der Waals surface area contributed by atoms with Gasteiger partial charge in [-0.1, -0.05) is 6.07 Å². The van der Waals surface area contributed by atoms with Gasteiger partial charge >= 0.3 is 0 Å². The summed E-state index contributed by atoms with van der Waals surface area (Å²) in [4.78, 5) is 37.0. The van der Waals surface area contributed by atoms with Gasteiger partial charge in [0.05, 0.1) is 17.9 Å². The quantitative estimate of drug-likeness (QED) is 0.865. The van der Waals surface area contributed by atoms with E-state index < -0.39 is 0 Å². The minimum atomic E-state index is -0.372. The van der Waals surface area contributed by atoms with Crippen LogP contribution in [-0.4, -0.2) is 40.8 Å². The number of nitrogens with one attached hydrogen (secondary N) is 2. The zero-order valence-electron chi connectivity index (χ0n) is 12.7. The normalized spacial score (nSPS) is 13.8. The van der Waals surface area contributed by atoms with Crippen LogP contribution in [0.15, 0.2) is 47.1 Å². The van der Waals surface area contributed by atoms with Gasteiger partial charge in [-0.3, -0.25) is 14.4 Å². The molecule has 0 atom stereocenters. The average Bonchev–Trinajstić information content (AvgIpc) is 3.20. The Morgan fingerprint density at radius 1 is 1.17 bits per heavy atom. The van der Waals surface area contributed by atoms with Crippen LogP contribution in [0, 0.1) is 0 Å². The fourth-order valence-electron chi connectivity index (χ4n) is 2.19. The fraction of sp³-hybridized carbons (Fsp3) is 0.188. The zero-order valence-corrected chi connectivity index (χ0v) is 13.5. The maximum Gasteiger partial charge on any atom is 0.291 e. The summed E-state index contributed by atoms with van der Waals surface area (Å²) in [5, 5.41) is 5.41. The molecule has 3 amide bonds. The SMILES string of the molecule is O=C(CN1CSCC1=O)Nc1cccc(NC(=O)c2ccco2)c1. The molecule has 0 unspecified atom stereocenters. The van der Waals surface area contributed by atoms with Gasteiger partial charge in [-0.2, -0.15) is 0 Å². The molecule has 2 N–H and O–H groups in total. The summed E-state index contributed by atoms with van der Waals surface area (Å²) in [7, 11) is 0. The molecule has 7 nitrogen and oxygen atoms in total. The first-order valence-electron chi connectivity index (χ1n) is 7.22. The largest absolute Gasteiger partial charge is 0.459 e. The molecule has 8 heteroatoms. The summed E-state index contributed by atoms with van der Waals surface area (Å²) in [6.45, 7) is 0.0226. The van der Waals surface area contributed by atoms with Crippen LogP contribution in [0.5, 0.6) is 0 Å². The van der Waals surface area contributed by atoms with Gasteiger partial charge < -0.3 is 20.0 Å². The van der Waals surface area contributed by atoms with Gasteiger partial charge in [0.2, 0.25) is 11.8 Å². The highest BCUT2D eigenvalue weighted by Crippen LogP contribution is 2.18. The van der Waals surface area contributed by atoms with Crippen molar-refractivity contribution in [1.29, 1.82) is 0 Å². The van der Waals surface area contributed by atoms with E-state index in [1.807, 2.05) is 0 Å². The Balaban J connectivity index is 1.59. The van der Waals surface area contributed by atoms with E-state index in [9.17, 15) is 14.4 Å². The second-order valence-corrected chi connectivity index (χ2v) is 6.08. The molecule has 1 saturated heterocycles. The first kappa shape index (κ1) is 16.1. The molecule has 0 bridgehead atoms. The van der Waals surface area contributed by atoms with Gasteiger partial charge in [-0.15, -0.1) is 11.8 Å². The standard InChI is InChI=1S/C16H15N3O4S/c20-14(8-19-10-24-9-15(19)21)17-11-3-1-4-12(7-11)18-16(22)13-5-2-6-23-13/h1-7H,8-10H2,(H,17,20)(H,18,22). The second kappa shape index (κ2) is 7.22. The minimum absolute atomic E-state index is 0.0226. The Hall–Kier alpha value is -2.74. The number of carbonyl (C=O) groups is 3. The van der Waals surface area contributed by atoms with Crippen LogP contribution < -0.4 is 10.6 Å². The van der Waals surface area contributed by atoms with Crippen molar-refractivity contribution in [3.8, 4) is 0 Å². The van der Waals surface area contributed by atoms with E-state index in [0.717, 1.165) is 0 Å². The molecule has 1 aromatic heterocycles. The molecule has 1 fully saturated rings. The lowest BCUT2D eigenvalue weighted by Gasteiger charge is -2.14. The number of thioether (sulfide) groups is 1. The average molecular weight is 345 g/mol. The van der Waals surface area contributed by atoms with Crippen molar-refractivity contribution in [2.45, 2.75) is 0 Å². The van der Waals surface area contributed by atoms with E-state index in [1.54, 1.807) is 36.4 Å². The third-order valence-electron chi connectivity index (χ3n) is 3.31. The second-order valence-electron chi connectivity index (χ2n) is 5.13. The number of hydrogen-bond acceptors (Lipinski definition) is 5. The van der Waals surface area contributed by atoms with Crippen LogP contribution in [0.4, 0.5) is 11.4 Å². The first-order valence-corrected chi connectivity index (χ1v) is 8.37. The molecule has 124 valence electrons. The number of anilines is 2. The summed E-state index contributed by atoms with van der Waals surface area (Å²) < 4.78 is 5.03. The number of rotatable bonds is 5. The number of furan rings is 1. The number of nitrogens with zero attached hydrogens (tertiary/aromatic N) is 1. The molecule has 1 aliphatic heterocycles. The van der Waals surface area contributed by atoms with Gasteiger partial charge in [-0.25, -0.2) is 0 Å². The summed E-state index contributed by atoms with van der Waals surface area (Å²) in [6.07, 6.45) is 1.42. The van der Waals surface area contributed by atoms with Crippen LogP contribution in [0.2, 0.25) is 0 Å². The fourth-order valence-corrected chi connectivity index (χ4v) is 3.09. The summed E-state index contributed by atoms with van der Waals surface area (Å²) in [6, 6.07) is 9.96. The Labute approximate surface area is 142 Å². The molecule has 1 aromatic carbocycles. The van der Waals surface area contributed by atoms with E-state index in [-0.39, 0.29) is 30.0 Å². The van der Waals surface area contributed by atoms with Crippen LogP contribution in [0.25, 0.3) is 0 Å². The topological polar surface area (TPSA) is 91.7 Å². The van der Waals surface area contributed by atoms with Crippen molar-refractivity contribution in [2.24, 2.45) is 0 Å². The van der Waals surface area contributed by atoms with Gasteiger partial charge in [0.15, 0.2) is 5.76 Å². The predicted octanol–water partition coefficient (Wildman–Crippen LogP) is 2.00. The Kier molecular flexibility index (Phi) is 4.85. The molecular formula is C16H15N3O4S. The lowest BCUT2D eigenvalue weighted by atomic mass is 10.2. The van der Waals surface area contributed by atoms with Gasteiger partial charge in [0.1, 0.15) is 6.54 Å². The van der Waals surface area contributed by atoms with Gasteiger partial charge in [-0.05, 0) is 30.3 Å². The van der Waals surface area contributed by atoms with E-state index in [4.69, 9.17) is 4.42 Å². The van der Waals surface area contributed by atoms with E-state index in [1.165, 1.54) is 22.9 Å². The molecule has 0 spiro atoms. The Bertz CT molecular complexity index is 760. The number of carbonyl (C=O) groups excluding carboxylic acids is 3. The van der Waals surface area contributed by atoms with Crippen LogP contribution in [-0.2, 0) is 9.59 Å². The molecule has 3 rings (SSSR count). The van der Waals surface area contributed by atoms with Crippen molar-refractivity contribution >= 4 is 40.9 Å². The zero-order chi connectivity index (χ0) is 16.9. The van der Waals surface area contributed by atoms with E-state index in [2.05, 4.69) is 10.6 Å². The minimum Gasteiger partial charge on any atom is -0.459 e. The van der Waals surface area contributed by atoms with Crippen LogP contribution in [0.1, 0.15) is 10.6 Å². The Morgan fingerprint density at radius 2 is 1.96 bits per heavy atom. The third kappa shape index (κ3) is 3.96. The third-order valence-corrected chi connectivity index (χ3v) is 4.25. The van der Waals surface area contributed by atoms with E-state index >= 15 is 0 Å². The molecule has 2 aromatic rings. The summed E-state index contributed by atoms with van der Waals surface area (Å²) >= 11 is 1.49. The van der Waals surface area contributed by atoms with Crippen LogP contribution in [0.3, 0.4) is 0 Å². The van der Waals surface area contributed by atoms with Crippen molar-refractivity contribution in [3.05, 3.63) is 48.4 Å². The van der Waals surface area contributed by atoms with Crippen molar-refractivity contribution in [2.75, 3.05) is 28.8 Å². The Morgan fingerprint density at radius 3 is 2.62 bits per heavy atom. The number of amides is 3. The summed E-state index contributed by atoms with van der Waals surface area (Å²) in [5.41, 5.74) is 1.07. The van der Waals surface area contributed by atoms with Crippen molar-refractivity contribution < 1.29 is 18.8 Å². The highest BCUT2D eigenvalue weighted by molar-refractivity contribution is 8.00. The smallest absolute Gasteiger partial charge is 0.291 e. The molecule has 1 aliphatic rings. The highest BCUT2D eigenvalue weighted by atomic mass is 32.2. The number of hydrogen-bond donors (Lipinski definition) is 2. The predicted molar refractivity (Wildman–Crippen MR) is 90.8 cm³/mol. The molecule has 0 radical (unpaired) electrons. The molecular weight excluding hydrogens is 330 g/mol. The molecule has 2 heterocycles. The van der Waals surface area contributed by atoms with Crippen molar-refractivity contribution in [3.63, 3.8) is 0 Å². The van der Waals surface area contributed by atoms with Gasteiger partial charge in [0.25, 0.3) is 5.91 Å². The van der Waals surface area contributed by atoms with Crippen LogP contribution >= 0.6 is 11.8 Å². The number of benzene rings is 1. The monoisotopic (exact) mass is 345 g/mol. The molecule has 0 aliphatic carbocycles. The highest BCUT2D eigenvalue weighted by Gasteiger charge is 2.22. The summed E-state index contributed by atoms with van der Waals surface area (Å²) in [5.74, 6) is 0.472. The lowest BCUT2D eigenvalue weighted by molar-refractivity contribution is -0.130. The maximum absolute atomic E-state index is 12.0. The van der Waals surface area contributed by atoms with E-state index in [0.29, 0.717) is 23.0 Å². The lowest BCUT2D eigenvalue weighted by Crippen LogP contribution is -2.34. The maximum atomic E-state index is 12.0. The van der Waals surface area contributed by atoms with Gasteiger partial charge in [0, 0.05) is 11.4 Å².